The molecule has 3 N–H and O–H groups in total. The van der Waals surface area contributed by atoms with E-state index in [1.807, 2.05) is 12.1 Å². The first kappa shape index (κ1) is 12.7. The number of halogens is 1. The van der Waals surface area contributed by atoms with Crippen LogP contribution in [0.4, 0.5) is 0 Å². The van der Waals surface area contributed by atoms with Gasteiger partial charge in [-0.2, -0.15) is 0 Å². The molecule has 1 aromatic rings. The second kappa shape index (κ2) is 4.67. The van der Waals surface area contributed by atoms with Crippen molar-refractivity contribution in [3.63, 3.8) is 0 Å². The zero-order valence-electron chi connectivity index (χ0n) is 9.13. The van der Waals surface area contributed by atoms with Gasteiger partial charge in [-0.15, -0.1) is 0 Å². The number of phenolic OH excluding ortho intramolecular Hbond substituents is 1. The van der Waals surface area contributed by atoms with E-state index in [1.54, 1.807) is 0 Å². The highest BCUT2D eigenvalue weighted by molar-refractivity contribution is 14.1. The van der Waals surface area contributed by atoms with Gasteiger partial charge in [0.15, 0.2) is 0 Å². The summed E-state index contributed by atoms with van der Waals surface area (Å²) < 4.78 is 0.810. The van der Waals surface area contributed by atoms with Crippen molar-refractivity contribution in [1.82, 2.24) is 5.48 Å². The first-order valence-electron chi connectivity index (χ1n) is 4.75. The molecular weight excluding hydrogens is 305 g/mol. The van der Waals surface area contributed by atoms with Crippen molar-refractivity contribution in [3.8, 4) is 5.75 Å². The van der Waals surface area contributed by atoms with Crippen LogP contribution in [0.2, 0.25) is 0 Å². The SMILES string of the molecule is CC(C)(C)c1cc(I)c(O)c(CNO)c1. The topological polar surface area (TPSA) is 52.5 Å². The van der Waals surface area contributed by atoms with Gasteiger partial charge in [-0.1, -0.05) is 26.8 Å². The zero-order chi connectivity index (χ0) is 11.6. The van der Waals surface area contributed by atoms with Crippen LogP contribution in [0.5, 0.6) is 5.75 Å². The molecule has 0 atom stereocenters. The van der Waals surface area contributed by atoms with E-state index in [9.17, 15) is 5.11 Å². The summed E-state index contributed by atoms with van der Waals surface area (Å²) in [5.41, 5.74) is 3.97. The predicted molar refractivity (Wildman–Crippen MR) is 68.2 cm³/mol. The molecule has 0 bridgehead atoms. The molecule has 15 heavy (non-hydrogen) atoms. The molecule has 0 spiro atoms. The number of hydrogen-bond donors (Lipinski definition) is 3. The quantitative estimate of drug-likeness (QED) is 0.580. The maximum absolute atomic E-state index is 9.76. The Hall–Kier alpha value is -0.330. The van der Waals surface area contributed by atoms with Gasteiger partial charge >= 0.3 is 0 Å². The molecule has 0 aromatic heterocycles. The van der Waals surface area contributed by atoms with Crippen LogP contribution in [0, 0.1) is 3.57 Å². The molecule has 0 aliphatic carbocycles. The lowest BCUT2D eigenvalue weighted by molar-refractivity contribution is 0.160. The lowest BCUT2D eigenvalue weighted by Crippen LogP contribution is -2.14. The zero-order valence-corrected chi connectivity index (χ0v) is 11.3. The summed E-state index contributed by atoms with van der Waals surface area (Å²) in [4.78, 5) is 0. The van der Waals surface area contributed by atoms with Crippen LogP contribution in [0.3, 0.4) is 0 Å². The summed E-state index contributed by atoms with van der Waals surface area (Å²) in [5.74, 6) is 0.241. The molecule has 3 nitrogen and oxygen atoms in total. The first-order valence-corrected chi connectivity index (χ1v) is 5.83. The highest BCUT2D eigenvalue weighted by atomic mass is 127. The summed E-state index contributed by atoms with van der Waals surface area (Å²) in [6.07, 6.45) is 0. The third-order valence-electron chi connectivity index (χ3n) is 2.28. The van der Waals surface area contributed by atoms with Crippen LogP contribution >= 0.6 is 22.6 Å². The van der Waals surface area contributed by atoms with Crippen molar-refractivity contribution in [2.24, 2.45) is 0 Å². The van der Waals surface area contributed by atoms with Gasteiger partial charge in [0.05, 0.1) is 3.57 Å². The molecule has 0 fully saturated rings. The van der Waals surface area contributed by atoms with Crippen molar-refractivity contribution in [3.05, 3.63) is 26.8 Å². The number of nitrogens with one attached hydrogen (secondary N) is 1. The second-order valence-electron chi connectivity index (χ2n) is 4.55. The summed E-state index contributed by atoms with van der Waals surface area (Å²) in [7, 11) is 0. The van der Waals surface area contributed by atoms with Gasteiger partial charge in [0, 0.05) is 12.1 Å². The summed E-state index contributed by atoms with van der Waals surface area (Å²) >= 11 is 2.10. The van der Waals surface area contributed by atoms with Crippen molar-refractivity contribution in [1.29, 1.82) is 0 Å². The Kier molecular flexibility index (Phi) is 3.97. The van der Waals surface area contributed by atoms with Crippen molar-refractivity contribution >= 4 is 22.6 Å². The average molecular weight is 321 g/mol. The third-order valence-corrected chi connectivity index (χ3v) is 3.10. The molecule has 84 valence electrons. The van der Waals surface area contributed by atoms with E-state index < -0.39 is 0 Å². The Morgan fingerprint density at radius 1 is 1.33 bits per heavy atom. The predicted octanol–water partition coefficient (Wildman–Crippen LogP) is 2.77. The molecule has 0 aliphatic heterocycles. The van der Waals surface area contributed by atoms with Crippen molar-refractivity contribution in [2.75, 3.05) is 0 Å². The fourth-order valence-corrected chi connectivity index (χ4v) is 1.99. The van der Waals surface area contributed by atoms with Crippen LogP contribution < -0.4 is 5.48 Å². The van der Waals surface area contributed by atoms with Gasteiger partial charge in [-0.25, -0.2) is 5.48 Å². The summed E-state index contributed by atoms with van der Waals surface area (Å²) in [6.45, 7) is 6.61. The van der Waals surface area contributed by atoms with Gasteiger partial charge < -0.3 is 10.3 Å². The normalized spacial score (nSPS) is 11.8. The van der Waals surface area contributed by atoms with Crippen LogP contribution in [0.25, 0.3) is 0 Å². The Bertz CT molecular complexity index is 358. The van der Waals surface area contributed by atoms with E-state index in [0.717, 1.165) is 9.13 Å². The maximum atomic E-state index is 9.76. The fraction of sp³-hybridized carbons (Fsp3) is 0.455. The van der Waals surface area contributed by atoms with Crippen LogP contribution in [0.15, 0.2) is 12.1 Å². The maximum Gasteiger partial charge on any atom is 0.133 e. The van der Waals surface area contributed by atoms with Gasteiger partial charge in [0.25, 0.3) is 0 Å². The molecule has 0 radical (unpaired) electrons. The van der Waals surface area contributed by atoms with E-state index in [1.165, 1.54) is 0 Å². The summed E-state index contributed by atoms with van der Waals surface area (Å²) in [5, 5.41) is 18.4. The molecular formula is C11H16INO2. The lowest BCUT2D eigenvalue weighted by atomic mass is 9.86. The van der Waals surface area contributed by atoms with E-state index in [2.05, 4.69) is 48.8 Å². The molecule has 0 heterocycles. The summed E-state index contributed by atoms with van der Waals surface area (Å²) in [6, 6.07) is 3.89. The Balaban J connectivity index is 3.23. The van der Waals surface area contributed by atoms with Crippen molar-refractivity contribution < 1.29 is 10.3 Å². The molecule has 4 heteroatoms. The largest absolute Gasteiger partial charge is 0.507 e. The van der Waals surface area contributed by atoms with Gasteiger partial charge in [-0.3, -0.25) is 0 Å². The molecule has 1 aromatic carbocycles. The highest BCUT2D eigenvalue weighted by Crippen LogP contribution is 2.31. The first-order chi connectivity index (χ1) is 6.86. The number of phenols is 1. The number of rotatable bonds is 2. The number of hydroxylamine groups is 1. The Labute approximate surface area is 104 Å². The minimum atomic E-state index is 0.0395. The van der Waals surface area contributed by atoms with Crippen LogP contribution in [-0.2, 0) is 12.0 Å². The molecule has 0 amide bonds. The van der Waals surface area contributed by atoms with Gasteiger partial charge in [-0.05, 0) is 39.6 Å². The van der Waals surface area contributed by atoms with E-state index in [4.69, 9.17) is 5.21 Å². The van der Waals surface area contributed by atoms with Crippen molar-refractivity contribution in [2.45, 2.75) is 32.7 Å². The van der Waals surface area contributed by atoms with E-state index in [0.29, 0.717) is 5.56 Å². The smallest absolute Gasteiger partial charge is 0.133 e. The van der Waals surface area contributed by atoms with Gasteiger partial charge in [0.2, 0.25) is 0 Å². The number of aromatic hydroxyl groups is 1. The Morgan fingerprint density at radius 2 is 1.93 bits per heavy atom. The number of benzene rings is 1. The highest BCUT2D eigenvalue weighted by Gasteiger charge is 2.17. The molecule has 0 unspecified atom stereocenters. The second-order valence-corrected chi connectivity index (χ2v) is 5.71. The third kappa shape index (κ3) is 3.06. The standard InChI is InChI=1S/C11H16INO2/c1-11(2,3)8-4-7(6-13-15)10(14)9(12)5-8/h4-5,13-15H,6H2,1-3H3. The van der Waals surface area contributed by atoms with Gasteiger partial charge in [0.1, 0.15) is 5.75 Å². The lowest BCUT2D eigenvalue weighted by Gasteiger charge is -2.21. The minimum Gasteiger partial charge on any atom is -0.507 e. The number of hydrogen-bond acceptors (Lipinski definition) is 3. The average Bonchev–Trinajstić information content (AvgIpc) is 2.11. The minimum absolute atomic E-state index is 0.0395. The van der Waals surface area contributed by atoms with E-state index in [-0.39, 0.29) is 17.7 Å². The Morgan fingerprint density at radius 3 is 2.40 bits per heavy atom. The molecule has 0 saturated carbocycles. The molecule has 0 saturated heterocycles. The molecule has 0 aliphatic rings. The monoisotopic (exact) mass is 321 g/mol. The molecule has 1 rings (SSSR count). The fourth-order valence-electron chi connectivity index (χ4n) is 1.31. The van der Waals surface area contributed by atoms with Crippen LogP contribution in [-0.4, -0.2) is 10.3 Å². The van der Waals surface area contributed by atoms with Crippen LogP contribution in [0.1, 0.15) is 31.9 Å². The van der Waals surface area contributed by atoms with E-state index >= 15 is 0 Å².